The lowest BCUT2D eigenvalue weighted by Gasteiger charge is -2.15. The minimum Gasteiger partial charge on any atom is -0.456 e. The van der Waals surface area contributed by atoms with E-state index in [2.05, 4.69) is 0 Å². The molecule has 2 atom stereocenters. The summed E-state index contributed by atoms with van der Waals surface area (Å²) in [5.41, 5.74) is 4.31. The van der Waals surface area contributed by atoms with Gasteiger partial charge in [-0.25, -0.2) is 0 Å². The number of hydrogen-bond acceptors (Lipinski definition) is 4. The van der Waals surface area contributed by atoms with E-state index >= 15 is 0 Å². The van der Waals surface area contributed by atoms with Gasteiger partial charge in [-0.1, -0.05) is 48.9 Å². The molecule has 1 saturated heterocycles. The van der Waals surface area contributed by atoms with E-state index < -0.39 is 12.2 Å². The van der Waals surface area contributed by atoms with Crippen LogP contribution in [0.1, 0.15) is 67.4 Å². The third-order valence-electron chi connectivity index (χ3n) is 7.14. The second kappa shape index (κ2) is 10.6. The van der Waals surface area contributed by atoms with E-state index in [4.69, 9.17) is 4.42 Å². The lowest BCUT2D eigenvalue weighted by molar-refractivity contribution is -0.130. The number of carbonyl (C=O) groups excluding carboxylic acids is 1. The Morgan fingerprint density at radius 3 is 2.11 bits per heavy atom. The highest BCUT2D eigenvalue weighted by Crippen LogP contribution is 2.34. The third kappa shape index (κ3) is 5.42. The van der Waals surface area contributed by atoms with Gasteiger partial charge in [0.2, 0.25) is 5.91 Å². The van der Waals surface area contributed by atoms with Crippen molar-refractivity contribution < 1.29 is 19.4 Å². The van der Waals surface area contributed by atoms with Crippen LogP contribution in [0.25, 0.3) is 21.9 Å². The van der Waals surface area contributed by atoms with Crippen molar-refractivity contribution in [2.24, 2.45) is 0 Å². The molecule has 2 unspecified atom stereocenters. The van der Waals surface area contributed by atoms with Crippen molar-refractivity contribution in [2.75, 3.05) is 13.1 Å². The number of hydrogen-bond donors (Lipinski definition) is 2. The van der Waals surface area contributed by atoms with Gasteiger partial charge >= 0.3 is 0 Å². The second-order valence-electron chi connectivity index (χ2n) is 9.67. The van der Waals surface area contributed by atoms with Crippen molar-refractivity contribution in [3.05, 3.63) is 83.4 Å². The topological polar surface area (TPSA) is 73.9 Å². The van der Waals surface area contributed by atoms with Crippen molar-refractivity contribution in [3.63, 3.8) is 0 Å². The van der Waals surface area contributed by atoms with Crippen LogP contribution in [0, 0.1) is 0 Å². The van der Waals surface area contributed by atoms with Gasteiger partial charge in [-0.3, -0.25) is 4.79 Å². The number of carbonyl (C=O) groups is 1. The molecule has 0 aliphatic carbocycles. The zero-order valence-corrected chi connectivity index (χ0v) is 20.0. The molecule has 1 fully saturated rings. The smallest absolute Gasteiger partial charge is 0.222 e. The van der Waals surface area contributed by atoms with Crippen molar-refractivity contribution in [2.45, 2.75) is 57.2 Å². The number of rotatable bonds is 9. The molecule has 0 spiro atoms. The number of likely N-dealkylation sites (tertiary alicyclic amines) is 1. The van der Waals surface area contributed by atoms with Crippen molar-refractivity contribution >= 4 is 27.8 Å². The normalized spacial score (nSPS) is 15.7. The molecule has 3 aromatic carbocycles. The van der Waals surface area contributed by atoms with E-state index in [9.17, 15) is 15.0 Å². The third-order valence-corrected chi connectivity index (χ3v) is 7.14. The molecule has 1 aromatic heterocycles. The van der Waals surface area contributed by atoms with Crippen molar-refractivity contribution in [1.29, 1.82) is 0 Å². The van der Waals surface area contributed by atoms with Gasteiger partial charge in [0.25, 0.3) is 0 Å². The van der Waals surface area contributed by atoms with Crippen LogP contribution < -0.4 is 0 Å². The molecule has 2 heterocycles. The molecule has 4 aromatic rings. The lowest BCUT2D eigenvalue weighted by atomic mass is 9.98. The molecule has 5 nitrogen and oxygen atoms in total. The maximum atomic E-state index is 12.2. The standard InChI is InChI=1S/C30H33NO4/c32-26(10-4-5-11-30(34)31-16-6-7-17-31)22-12-14-28-24(19-22)25-20-23(13-15-29(25)35-28)27(33)18-21-8-2-1-3-9-21/h1-3,8-9,12-15,19-20,26-27,32-33H,4-7,10-11,16-18H2. The molecule has 182 valence electrons. The van der Waals surface area contributed by atoms with Gasteiger partial charge in [0.1, 0.15) is 11.2 Å². The average Bonchev–Trinajstić information content (AvgIpc) is 3.54. The Morgan fingerprint density at radius 2 is 1.46 bits per heavy atom. The summed E-state index contributed by atoms with van der Waals surface area (Å²) in [5.74, 6) is 0.244. The van der Waals surface area contributed by atoms with Crippen LogP contribution in [0.5, 0.6) is 0 Å². The van der Waals surface area contributed by atoms with Crippen molar-refractivity contribution in [3.8, 4) is 0 Å². The summed E-state index contributed by atoms with van der Waals surface area (Å²) >= 11 is 0. The first-order valence-electron chi connectivity index (χ1n) is 12.7. The van der Waals surface area contributed by atoms with Crippen LogP contribution in [0.2, 0.25) is 0 Å². The van der Waals surface area contributed by atoms with Crippen molar-refractivity contribution in [1.82, 2.24) is 4.90 Å². The van der Waals surface area contributed by atoms with Gasteiger partial charge in [0.05, 0.1) is 12.2 Å². The largest absolute Gasteiger partial charge is 0.456 e. The second-order valence-corrected chi connectivity index (χ2v) is 9.67. The quantitative estimate of drug-likeness (QED) is 0.290. The highest BCUT2D eigenvalue weighted by Gasteiger charge is 2.18. The average molecular weight is 472 g/mol. The first-order chi connectivity index (χ1) is 17.1. The van der Waals surface area contributed by atoms with E-state index in [1.807, 2.05) is 71.6 Å². The molecule has 0 radical (unpaired) electrons. The zero-order chi connectivity index (χ0) is 24.2. The summed E-state index contributed by atoms with van der Waals surface area (Å²) in [5, 5.41) is 23.5. The number of nitrogens with zero attached hydrogens (tertiary/aromatic N) is 1. The summed E-state index contributed by atoms with van der Waals surface area (Å²) in [7, 11) is 0. The van der Waals surface area contributed by atoms with E-state index in [-0.39, 0.29) is 5.91 Å². The maximum Gasteiger partial charge on any atom is 0.222 e. The molecular weight excluding hydrogens is 438 g/mol. The molecule has 1 amide bonds. The van der Waals surface area contributed by atoms with Crippen LogP contribution in [0.4, 0.5) is 0 Å². The summed E-state index contributed by atoms with van der Waals surface area (Å²) in [6.45, 7) is 1.79. The molecule has 5 rings (SSSR count). The predicted molar refractivity (Wildman–Crippen MR) is 138 cm³/mol. The Labute approximate surface area is 206 Å². The van der Waals surface area contributed by atoms with Crippen LogP contribution in [-0.2, 0) is 11.2 Å². The van der Waals surface area contributed by atoms with Crippen LogP contribution in [0.15, 0.2) is 71.1 Å². The molecule has 2 N–H and O–H groups in total. The van der Waals surface area contributed by atoms with Gasteiger partial charge in [0.15, 0.2) is 0 Å². The fourth-order valence-corrected chi connectivity index (χ4v) is 5.09. The number of aliphatic hydroxyl groups excluding tert-OH is 2. The van der Waals surface area contributed by atoms with E-state index in [0.717, 1.165) is 77.4 Å². The summed E-state index contributed by atoms with van der Waals surface area (Å²) in [4.78, 5) is 14.2. The Bertz CT molecular complexity index is 1290. The predicted octanol–water partition coefficient (Wildman–Crippen LogP) is 6.08. The van der Waals surface area contributed by atoms with Crippen LogP contribution >= 0.6 is 0 Å². The summed E-state index contributed by atoms with van der Waals surface area (Å²) in [6.07, 6.45) is 4.37. The van der Waals surface area contributed by atoms with Crippen LogP contribution in [0.3, 0.4) is 0 Å². The van der Waals surface area contributed by atoms with Crippen LogP contribution in [-0.4, -0.2) is 34.1 Å². The molecular formula is C30H33NO4. The lowest BCUT2D eigenvalue weighted by Crippen LogP contribution is -2.27. The molecule has 1 aliphatic heterocycles. The fraction of sp³-hybridized carbons (Fsp3) is 0.367. The SMILES string of the molecule is O=C(CCCCC(O)c1ccc2oc3ccc(C(O)Cc4ccccc4)cc3c2c1)N1CCCC1. The first-order valence-corrected chi connectivity index (χ1v) is 12.7. The number of furan rings is 1. The Balaban J connectivity index is 1.26. The van der Waals surface area contributed by atoms with Gasteiger partial charge in [-0.2, -0.15) is 0 Å². The van der Waals surface area contributed by atoms with E-state index in [0.29, 0.717) is 19.3 Å². The number of unbranched alkanes of at least 4 members (excludes halogenated alkanes) is 1. The Kier molecular flexibility index (Phi) is 7.16. The highest BCUT2D eigenvalue weighted by molar-refractivity contribution is 6.05. The zero-order valence-electron chi connectivity index (χ0n) is 20.0. The number of amides is 1. The Morgan fingerprint density at radius 1 is 0.829 bits per heavy atom. The number of aliphatic hydroxyl groups is 2. The molecule has 5 heteroatoms. The molecule has 0 saturated carbocycles. The van der Waals surface area contributed by atoms with E-state index in [1.165, 1.54) is 0 Å². The number of fused-ring (bicyclic) bond motifs is 3. The van der Waals surface area contributed by atoms with E-state index in [1.54, 1.807) is 0 Å². The highest BCUT2D eigenvalue weighted by atomic mass is 16.3. The first kappa shape index (κ1) is 23.6. The minimum atomic E-state index is -0.608. The van der Waals surface area contributed by atoms with Gasteiger partial charge in [-0.15, -0.1) is 0 Å². The molecule has 1 aliphatic rings. The van der Waals surface area contributed by atoms with Gasteiger partial charge in [0, 0.05) is 36.7 Å². The maximum absolute atomic E-state index is 12.2. The minimum absolute atomic E-state index is 0.244. The van der Waals surface area contributed by atoms with Gasteiger partial charge in [-0.05, 0) is 66.6 Å². The number of benzene rings is 3. The molecule has 0 bridgehead atoms. The molecule has 35 heavy (non-hydrogen) atoms. The fourth-order valence-electron chi connectivity index (χ4n) is 5.09. The Hall–Kier alpha value is -3.15. The monoisotopic (exact) mass is 471 g/mol. The summed E-state index contributed by atoms with van der Waals surface area (Å²) in [6, 6.07) is 21.6. The summed E-state index contributed by atoms with van der Waals surface area (Å²) < 4.78 is 6.01. The van der Waals surface area contributed by atoms with Gasteiger partial charge < -0.3 is 19.5 Å².